The first kappa shape index (κ1) is 13.4. The fraction of sp³-hybridized carbons (Fsp3) is 0.900. The molecule has 5 nitrogen and oxygen atoms in total. The molecule has 0 radical (unpaired) electrons. The molecule has 0 aromatic carbocycles. The summed E-state index contributed by atoms with van der Waals surface area (Å²) in [4.78, 5) is 0. The quantitative estimate of drug-likeness (QED) is 0.793. The number of nitrogens with zero attached hydrogens (tertiary/aromatic N) is 2. The van der Waals surface area contributed by atoms with E-state index in [2.05, 4.69) is 10.8 Å². The molecule has 0 aliphatic carbocycles. The minimum absolute atomic E-state index is 0.0107. The third kappa shape index (κ3) is 3.74. The van der Waals surface area contributed by atoms with Gasteiger partial charge in [-0.2, -0.15) is 18.0 Å². The molecule has 0 aromatic heterocycles. The zero-order valence-corrected chi connectivity index (χ0v) is 10.6. The first-order valence-electron chi connectivity index (χ1n) is 5.60. The van der Waals surface area contributed by atoms with E-state index in [0.717, 1.165) is 0 Å². The van der Waals surface area contributed by atoms with Crippen molar-refractivity contribution in [3.8, 4) is 6.07 Å². The summed E-state index contributed by atoms with van der Waals surface area (Å²) in [6, 6.07) is 2.18. The van der Waals surface area contributed by atoms with Crippen LogP contribution >= 0.6 is 0 Å². The zero-order valence-electron chi connectivity index (χ0n) is 9.81. The number of rotatable bonds is 4. The number of piperidine rings is 1. The molecule has 1 saturated heterocycles. The van der Waals surface area contributed by atoms with E-state index >= 15 is 0 Å². The molecule has 0 spiro atoms. The zero-order chi connectivity index (χ0) is 12.2. The van der Waals surface area contributed by atoms with Gasteiger partial charge in [0, 0.05) is 25.6 Å². The van der Waals surface area contributed by atoms with Gasteiger partial charge in [0.1, 0.15) is 0 Å². The molecule has 92 valence electrons. The molecule has 0 unspecified atom stereocenters. The van der Waals surface area contributed by atoms with Gasteiger partial charge in [0.15, 0.2) is 0 Å². The Morgan fingerprint density at radius 3 is 2.44 bits per heavy atom. The molecule has 1 aliphatic heterocycles. The lowest BCUT2D eigenvalue weighted by Gasteiger charge is -2.28. The molecule has 6 heteroatoms. The maximum atomic E-state index is 11.8. The van der Waals surface area contributed by atoms with Crippen molar-refractivity contribution in [1.29, 1.82) is 5.26 Å². The second-order valence-electron chi connectivity index (χ2n) is 4.55. The molecule has 0 aromatic rings. The van der Waals surface area contributed by atoms with Crippen molar-refractivity contribution in [2.75, 3.05) is 19.6 Å². The van der Waals surface area contributed by atoms with Crippen molar-refractivity contribution >= 4 is 10.2 Å². The van der Waals surface area contributed by atoms with Crippen LogP contribution in [0.2, 0.25) is 0 Å². The monoisotopic (exact) mass is 245 g/mol. The van der Waals surface area contributed by atoms with E-state index in [-0.39, 0.29) is 5.92 Å². The Morgan fingerprint density at radius 2 is 2.00 bits per heavy atom. The first-order valence-corrected chi connectivity index (χ1v) is 7.04. The standard InChI is InChI=1S/C10H19N3O2S/c1-9(2)8-12-16(14,15)13-5-3-10(7-11)4-6-13/h9-10,12H,3-6,8H2,1-2H3. The van der Waals surface area contributed by atoms with Gasteiger partial charge in [-0.15, -0.1) is 0 Å². The molecule has 0 bridgehead atoms. The van der Waals surface area contributed by atoms with Crippen LogP contribution in [0.15, 0.2) is 0 Å². The van der Waals surface area contributed by atoms with Crippen LogP contribution in [0.1, 0.15) is 26.7 Å². The smallest absolute Gasteiger partial charge is 0.202 e. The summed E-state index contributed by atoms with van der Waals surface area (Å²) in [5.41, 5.74) is 0. The maximum Gasteiger partial charge on any atom is 0.279 e. The van der Waals surface area contributed by atoms with Crippen LogP contribution in [-0.2, 0) is 10.2 Å². The molecular formula is C10H19N3O2S. The van der Waals surface area contributed by atoms with Crippen LogP contribution in [-0.4, -0.2) is 32.4 Å². The molecule has 16 heavy (non-hydrogen) atoms. The van der Waals surface area contributed by atoms with Crippen LogP contribution in [0.4, 0.5) is 0 Å². The van der Waals surface area contributed by atoms with Gasteiger partial charge in [-0.1, -0.05) is 13.8 Å². The van der Waals surface area contributed by atoms with Gasteiger partial charge in [0.05, 0.1) is 6.07 Å². The summed E-state index contributed by atoms with van der Waals surface area (Å²) in [6.07, 6.45) is 1.28. The molecule has 0 saturated carbocycles. The molecule has 1 rings (SSSR count). The van der Waals surface area contributed by atoms with Crippen LogP contribution in [0.25, 0.3) is 0 Å². The van der Waals surface area contributed by atoms with E-state index in [1.807, 2.05) is 13.8 Å². The van der Waals surface area contributed by atoms with Crippen LogP contribution in [0, 0.1) is 23.2 Å². The van der Waals surface area contributed by atoms with E-state index < -0.39 is 10.2 Å². The van der Waals surface area contributed by atoms with E-state index in [0.29, 0.717) is 38.4 Å². The lowest BCUT2D eigenvalue weighted by molar-refractivity contribution is 0.305. The van der Waals surface area contributed by atoms with Crippen molar-refractivity contribution < 1.29 is 8.42 Å². The first-order chi connectivity index (χ1) is 7.45. The van der Waals surface area contributed by atoms with Gasteiger partial charge in [0.25, 0.3) is 10.2 Å². The molecule has 1 fully saturated rings. The maximum absolute atomic E-state index is 11.8. The van der Waals surface area contributed by atoms with Crippen LogP contribution in [0.3, 0.4) is 0 Å². The molecule has 1 N–H and O–H groups in total. The summed E-state index contributed by atoms with van der Waals surface area (Å²) in [5.74, 6) is 0.308. The van der Waals surface area contributed by atoms with Gasteiger partial charge in [-0.3, -0.25) is 0 Å². The SMILES string of the molecule is CC(C)CNS(=O)(=O)N1CCC(C#N)CC1. The van der Waals surface area contributed by atoms with Crippen LogP contribution in [0.5, 0.6) is 0 Å². The highest BCUT2D eigenvalue weighted by Crippen LogP contribution is 2.17. The van der Waals surface area contributed by atoms with Gasteiger partial charge in [0.2, 0.25) is 0 Å². The van der Waals surface area contributed by atoms with E-state index in [4.69, 9.17) is 5.26 Å². The largest absolute Gasteiger partial charge is 0.279 e. The predicted molar refractivity (Wildman–Crippen MR) is 61.7 cm³/mol. The van der Waals surface area contributed by atoms with Crippen molar-refractivity contribution in [2.24, 2.45) is 11.8 Å². The second kappa shape index (κ2) is 5.62. The van der Waals surface area contributed by atoms with Gasteiger partial charge >= 0.3 is 0 Å². The highest BCUT2D eigenvalue weighted by atomic mass is 32.2. The summed E-state index contributed by atoms with van der Waals surface area (Å²) in [7, 11) is -3.34. The highest BCUT2D eigenvalue weighted by molar-refractivity contribution is 7.87. The fourth-order valence-electron chi connectivity index (χ4n) is 1.59. The van der Waals surface area contributed by atoms with E-state index in [9.17, 15) is 8.42 Å². The highest BCUT2D eigenvalue weighted by Gasteiger charge is 2.27. The van der Waals surface area contributed by atoms with Crippen molar-refractivity contribution in [3.05, 3.63) is 0 Å². The van der Waals surface area contributed by atoms with Crippen LogP contribution < -0.4 is 4.72 Å². The summed E-state index contributed by atoms with van der Waals surface area (Å²) < 4.78 is 27.6. The van der Waals surface area contributed by atoms with Crippen molar-refractivity contribution in [3.63, 3.8) is 0 Å². The van der Waals surface area contributed by atoms with Gasteiger partial charge in [-0.05, 0) is 18.8 Å². The molecular weight excluding hydrogens is 226 g/mol. The molecule has 1 aliphatic rings. The molecule has 1 heterocycles. The van der Waals surface area contributed by atoms with Crippen molar-refractivity contribution in [2.45, 2.75) is 26.7 Å². The normalized spacial score (nSPS) is 19.9. The summed E-state index contributed by atoms with van der Waals surface area (Å²) in [5, 5.41) is 8.72. The third-order valence-electron chi connectivity index (χ3n) is 2.65. The van der Waals surface area contributed by atoms with E-state index in [1.165, 1.54) is 4.31 Å². The minimum Gasteiger partial charge on any atom is -0.202 e. The molecule has 0 amide bonds. The number of hydrogen-bond acceptors (Lipinski definition) is 3. The Kier molecular flexibility index (Phi) is 4.71. The average molecular weight is 245 g/mol. The Morgan fingerprint density at radius 1 is 1.44 bits per heavy atom. The Balaban J connectivity index is 2.49. The lowest BCUT2D eigenvalue weighted by atomic mass is 10.0. The fourth-order valence-corrected chi connectivity index (χ4v) is 3.01. The Labute approximate surface area is 97.6 Å². The third-order valence-corrected chi connectivity index (χ3v) is 4.23. The number of nitriles is 1. The second-order valence-corrected chi connectivity index (χ2v) is 6.30. The predicted octanol–water partition coefficient (Wildman–Crippen LogP) is 0.712. The lowest BCUT2D eigenvalue weighted by Crippen LogP contribution is -2.45. The average Bonchev–Trinajstić information content (AvgIpc) is 2.27. The van der Waals surface area contributed by atoms with Crippen molar-refractivity contribution in [1.82, 2.24) is 9.03 Å². The number of hydrogen-bond donors (Lipinski definition) is 1. The Bertz CT molecular complexity index is 351. The summed E-state index contributed by atoms with van der Waals surface area (Å²) in [6.45, 7) is 5.28. The number of nitrogens with one attached hydrogen (secondary N) is 1. The van der Waals surface area contributed by atoms with Gasteiger partial charge in [-0.25, -0.2) is 4.72 Å². The van der Waals surface area contributed by atoms with Gasteiger partial charge < -0.3 is 0 Å². The molecule has 0 atom stereocenters. The topological polar surface area (TPSA) is 73.2 Å². The Hall–Kier alpha value is -0.640. The van der Waals surface area contributed by atoms with E-state index in [1.54, 1.807) is 0 Å². The minimum atomic E-state index is -3.34. The summed E-state index contributed by atoms with van der Waals surface area (Å²) >= 11 is 0.